The molecule has 0 saturated heterocycles. The van der Waals surface area contributed by atoms with Crippen LogP contribution in [0.25, 0.3) is 22.1 Å². The summed E-state index contributed by atoms with van der Waals surface area (Å²) in [7, 11) is 0. The highest BCUT2D eigenvalue weighted by molar-refractivity contribution is 5.80. The van der Waals surface area contributed by atoms with E-state index >= 15 is 0 Å². The van der Waals surface area contributed by atoms with Crippen LogP contribution in [0.3, 0.4) is 0 Å². The predicted octanol–water partition coefficient (Wildman–Crippen LogP) is 4.86. The number of benzene rings is 1. The zero-order valence-corrected chi connectivity index (χ0v) is 15.8. The van der Waals surface area contributed by atoms with Gasteiger partial charge in [0.15, 0.2) is 5.65 Å². The summed E-state index contributed by atoms with van der Waals surface area (Å²) in [6.45, 7) is 0.690. The first-order valence-corrected chi connectivity index (χ1v) is 10.0. The fraction of sp³-hybridized carbons (Fsp3) is 0.318. The topological polar surface area (TPSA) is 78.5 Å². The largest absolute Gasteiger partial charge is 0.367 e. The van der Waals surface area contributed by atoms with E-state index in [0.29, 0.717) is 18.2 Å². The van der Waals surface area contributed by atoms with Crippen LogP contribution in [0.5, 0.6) is 0 Å². The highest BCUT2D eigenvalue weighted by Gasteiger charge is 2.14. The molecule has 6 nitrogen and oxygen atoms in total. The van der Waals surface area contributed by atoms with Crippen molar-refractivity contribution >= 4 is 33.7 Å². The minimum absolute atomic E-state index is 0.524. The molecule has 0 spiro atoms. The number of aromatic nitrogens is 4. The van der Waals surface area contributed by atoms with E-state index in [1.807, 2.05) is 18.3 Å². The number of hydrogen-bond acceptors (Lipinski definition) is 5. The maximum absolute atomic E-state index is 4.69. The van der Waals surface area contributed by atoms with Crippen LogP contribution in [0.4, 0.5) is 11.6 Å². The number of nitrogens with one attached hydrogen (secondary N) is 3. The van der Waals surface area contributed by atoms with Crippen molar-refractivity contribution in [3.8, 4) is 0 Å². The second-order valence-electron chi connectivity index (χ2n) is 7.53. The molecule has 3 aromatic heterocycles. The summed E-state index contributed by atoms with van der Waals surface area (Å²) < 4.78 is 0. The van der Waals surface area contributed by atoms with Gasteiger partial charge in [0.25, 0.3) is 0 Å². The van der Waals surface area contributed by atoms with Crippen LogP contribution in [0.1, 0.15) is 37.7 Å². The van der Waals surface area contributed by atoms with Gasteiger partial charge in [-0.1, -0.05) is 31.4 Å². The Morgan fingerprint density at radius 3 is 2.79 bits per heavy atom. The van der Waals surface area contributed by atoms with Crippen molar-refractivity contribution in [1.82, 2.24) is 19.9 Å². The number of fused-ring (bicyclic) bond motifs is 2. The molecule has 0 bridgehead atoms. The molecule has 1 fully saturated rings. The molecule has 5 rings (SSSR count). The minimum Gasteiger partial charge on any atom is -0.367 e. The van der Waals surface area contributed by atoms with Gasteiger partial charge in [0.1, 0.15) is 17.2 Å². The monoisotopic (exact) mass is 372 g/mol. The summed E-state index contributed by atoms with van der Waals surface area (Å²) in [5.74, 6) is 1.63. The summed E-state index contributed by atoms with van der Waals surface area (Å²) in [5, 5.41) is 8.14. The van der Waals surface area contributed by atoms with E-state index in [0.717, 1.165) is 22.7 Å². The van der Waals surface area contributed by atoms with E-state index in [-0.39, 0.29) is 0 Å². The molecule has 6 heteroatoms. The van der Waals surface area contributed by atoms with Crippen molar-refractivity contribution in [1.29, 1.82) is 0 Å². The van der Waals surface area contributed by atoms with Gasteiger partial charge in [-0.3, -0.25) is 0 Å². The van der Waals surface area contributed by atoms with Crippen LogP contribution in [0, 0.1) is 0 Å². The predicted molar refractivity (Wildman–Crippen MR) is 113 cm³/mol. The summed E-state index contributed by atoms with van der Waals surface area (Å²) in [4.78, 5) is 17.1. The normalized spacial score (nSPS) is 15.1. The molecule has 142 valence electrons. The summed E-state index contributed by atoms with van der Waals surface area (Å²) in [5.41, 5.74) is 3.82. The van der Waals surface area contributed by atoms with Gasteiger partial charge in [-0.2, -0.15) is 0 Å². The van der Waals surface area contributed by atoms with Crippen LogP contribution in [-0.2, 0) is 6.54 Å². The van der Waals surface area contributed by atoms with E-state index in [2.05, 4.69) is 54.8 Å². The molecule has 4 aromatic rings. The van der Waals surface area contributed by atoms with Gasteiger partial charge in [0.05, 0.1) is 6.20 Å². The van der Waals surface area contributed by atoms with Crippen molar-refractivity contribution in [2.45, 2.75) is 44.7 Å². The van der Waals surface area contributed by atoms with Crippen molar-refractivity contribution < 1.29 is 0 Å². The van der Waals surface area contributed by atoms with Gasteiger partial charge in [-0.05, 0) is 48.1 Å². The van der Waals surface area contributed by atoms with Crippen molar-refractivity contribution in [2.75, 3.05) is 10.6 Å². The Hall–Kier alpha value is -3.15. The second kappa shape index (κ2) is 7.46. The quantitative estimate of drug-likeness (QED) is 0.466. The molecule has 1 aromatic carbocycles. The van der Waals surface area contributed by atoms with Crippen molar-refractivity contribution in [3.05, 3.63) is 54.4 Å². The lowest BCUT2D eigenvalue weighted by Gasteiger charge is -2.23. The molecule has 28 heavy (non-hydrogen) atoms. The Morgan fingerprint density at radius 1 is 0.964 bits per heavy atom. The third-order valence-corrected chi connectivity index (χ3v) is 5.46. The van der Waals surface area contributed by atoms with E-state index < -0.39 is 0 Å². The van der Waals surface area contributed by atoms with Crippen molar-refractivity contribution in [2.24, 2.45) is 0 Å². The third kappa shape index (κ3) is 3.63. The number of aromatic amines is 1. The molecular weight excluding hydrogens is 348 g/mol. The van der Waals surface area contributed by atoms with Crippen LogP contribution in [-0.4, -0.2) is 26.0 Å². The van der Waals surface area contributed by atoms with Crippen LogP contribution < -0.4 is 10.6 Å². The average molecular weight is 372 g/mol. The second-order valence-corrected chi connectivity index (χ2v) is 7.53. The summed E-state index contributed by atoms with van der Waals surface area (Å²) in [6.07, 6.45) is 10.1. The number of hydrogen-bond donors (Lipinski definition) is 3. The maximum Gasteiger partial charge on any atom is 0.182 e. The maximum atomic E-state index is 4.69. The highest BCUT2D eigenvalue weighted by Crippen LogP contribution is 2.22. The average Bonchev–Trinajstić information content (AvgIpc) is 3.20. The van der Waals surface area contributed by atoms with Crippen LogP contribution in [0.2, 0.25) is 0 Å². The standard InChI is InChI=1S/C22H24N6/c1-2-4-17(5-3-1)26-20-9-8-18-22(27-20)28-21(14-24-18)25-13-15-6-7-16-10-11-23-19(16)12-15/h6-12,14,17,23H,1-5,13H2,(H2,25,26,27,28). The Balaban J connectivity index is 1.31. The number of H-pyrrole nitrogens is 1. The number of pyridine rings is 1. The SMILES string of the molecule is c1cc2ccc(CNc3cnc4ccc(NC5CCCCC5)nc4n3)cc2[nH]1. The van der Waals surface area contributed by atoms with Gasteiger partial charge in [0, 0.05) is 24.3 Å². The van der Waals surface area contributed by atoms with Crippen LogP contribution >= 0.6 is 0 Å². The lowest BCUT2D eigenvalue weighted by Crippen LogP contribution is -2.22. The van der Waals surface area contributed by atoms with Gasteiger partial charge < -0.3 is 15.6 Å². The molecule has 0 amide bonds. The van der Waals surface area contributed by atoms with E-state index in [1.54, 1.807) is 6.20 Å². The first-order chi connectivity index (χ1) is 13.8. The smallest absolute Gasteiger partial charge is 0.182 e. The molecule has 0 radical (unpaired) electrons. The van der Waals surface area contributed by atoms with Crippen molar-refractivity contribution in [3.63, 3.8) is 0 Å². The first-order valence-electron chi connectivity index (χ1n) is 10.0. The third-order valence-electron chi connectivity index (χ3n) is 5.46. The van der Waals surface area contributed by atoms with E-state index in [4.69, 9.17) is 0 Å². The summed E-state index contributed by atoms with van der Waals surface area (Å²) in [6, 6.07) is 13.0. The molecule has 1 saturated carbocycles. The fourth-order valence-electron chi connectivity index (χ4n) is 3.92. The number of anilines is 2. The Bertz CT molecular complexity index is 1100. The molecule has 1 aliphatic carbocycles. The molecule has 0 atom stereocenters. The first kappa shape index (κ1) is 17.0. The zero-order valence-electron chi connectivity index (χ0n) is 15.8. The molecule has 1 aliphatic rings. The summed E-state index contributed by atoms with van der Waals surface area (Å²) >= 11 is 0. The molecule has 3 N–H and O–H groups in total. The Labute approximate surface area is 163 Å². The Morgan fingerprint density at radius 2 is 1.86 bits per heavy atom. The number of nitrogens with zero attached hydrogens (tertiary/aromatic N) is 3. The molecular formula is C22H24N6. The molecule has 3 heterocycles. The molecule has 0 aliphatic heterocycles. The van der Waals surface area contributed by atoms with E-state index in [9.17, 15) is 0 Å². The fourth-order valence-corrected chi connectivity index (χ4v) is 3.92. The zero-order chi connectivity index (χ0) is 18.8. The lowest BCUT2D eigenvalue weighted by atomic mass is 9.95. The van der Waals surface area contributed by atoms with Gasteiger partial charge in [-0.25, -0.2) is 15.0 Å². The van der Waals surface area contributed by atoms with Gasteiger partial charge >= 0.3 is 0 Å². The highest BCUT2D eigenvalue weighted by atomic mass is 15.1. The minimum atomic E-state index is 0.524. The van der Waals surface area contributed by atoms with Crippen LogP contribution in [0.15, 0.2) is 48.8 Å². The van der Waals surface area contributed by atoms with Gasteiger partial charge in [-0.15, -0.1) is 0 Å². The van der Waals surface area contributed by atoms with Gasteiger partial charge in [0.2, 0.25) is 0 Å². The lowest BCUT2D eigenvalue weighted by molar-refractivity contribution is 0.462. The molecule has 0 unspecified atom stereocenters. The number of rotatable bonds is 5. The Kier molecular flexibility index (Phi) is 4.53. The van der Waals surface area contributed by atoms with E-state index in [1.165, 1.54) is 43.1 Å².